The molecule has 0 heterocycles. The van der Waals surface area contributed by atoms with Gasteiger partial charge >= 0.3 is 0 Å². The lowest BCUT2D eigenvalue weighted by Crippen LogP contribution is -2.13. The van der Waals surface area contributed by atoms with Crippen LogP contribution in [0.4, 0.5) is 5.69 Å². The summed E-state index contributed by atoms with van der Waals surface area (Å²) in [6, 6.07) is 9.85. The van der Waals surface area contributed by atoms with Gasteiger partial charge in [0.1, 0.15) is 4.90 Å². The minimum absolute atomic E-state index is 0.0166. The Labute approximate surface area is 142 Å². The van der Waals surface area contributed by atoms with Crippen LogP contribution in [0, 0.1) is 0 Å². The highest BCUT2D eigenvalue weighted by atomic mass is 35.7. The number of nitrogens with one attached hydrogen (secondary N) is 1. The molecule has 0 fully saturated rings. The molecule has 1 N–H and O–H groups in total. The smallest absolute Gasteiger partial charge is 0.264 e. The van der Waals surface area contributed by atoms with Gasteiger partial charge in [-0.25, -0.2) is 16.8 Å². The first-order valence-corrected chi connectivity index (χ1v) is 10.2. The van der Waals surface area contributed by atoms with Crippen molar-refractivity contribution in [3.63, 3.8) is 0 Å². The Balaban J connectivity index is 2.45. The van der Waals surface area contributed by atoms with Crippen molar-refractivity contribution in [3.8, 4) is 0 Å². The van der Waals surface area contributed by atoms with Crippen molar-refractivity contribution in [3.05, 3.63) is 52.5 Å². The molecule has 2 rings (SSSR count). The number of halogens is 3. The lowest BCUT2D eigenvalue weighted by Gasteiger charge is -2.10. The summed E-state index contributed by atoms with van der Waals surface area (Å²) < 4.78 is 49.3. The van der Waals surface area contributed by atoms with Crippen LogP contribution in [0.5, 0.6) is 0 Å². The zero-order chi connectivity index (χ0) is 16.5. The van der Waals surface area contributed by atoms with E-state index in [1.54, 1.807) is 18.2 Å². The summed E-state index contributed by atoms with van der Waals surface area (Å²) in [4.78, 5) is -0.434. The van der Waals surface area contributed by atoms with Crippen LogP contribution in [0.3, 0.4) is 0 Å². The molecule has 0 bridgehead atoms. The van der Waals surface area contributed by atoms with Gasteiger partial charge in [0.25, 0.3) is 19.1 Å². The average molecular weight is 401 g/mol. The molecule has 2 aromatic rings. The topological polar surface area (TPSA) is 80.3 Å². The highest BCUT2D eigenvalue weighted by Gasteiger charge is 2.22. The van der Waals surface area contributed by atoms with Gasteiger partial charge in [-0.3, -0.25) is 4.72 Å². The van der Waals surface area contributed by atoms with Crippen molar-refractivity contribution in [1.29, 1.82) is 0 Å². The van der Waals surface area contributed by atoms with Crippen molar-refractivity contribution < 1.29 is 16.8 Å². The quantitative estimate of drug-likeness (QED) is 0.793. The number of hydrogen-bond donors (Lipinski definition) is 1. The van der Waals surface area contributed by atoms with E-state index in [0.717, 1.165) is 12.1 Å². The van der Waals surface area contributed by atoms with Crippen LogP contribution >= 0.6 is 33.9 Å². The molecule has 22 heavy (non-hydrogen) atoms. The van der Waals surface area contributed by atoms with Crippen LogP contribution in [0.15, 0.2) is 52.3 Å². The zero-order valence-electron chi connectivity index (χ0n) is 10.6. The first-order valence-electron chi connectivity index (χ1n) is 5.63. The Kier molecular flexibility index (Phi) is 4.93. The molecule has 0 saturated carbocycles. The molecular formula is C12H8Cl3NO4S2. The molecular weight excluding hydrogens is 393 g/mol. The maximum absolute atomic E-state index is 12.2. The van der Waals surface area contributed by atoms with E-state index in [2.05, 4.69) is 4.72 Å². The lowest BCUT2D eigenvalue weighted by atomic mass is 10.3. The summed E-state index contributed by atoms with van der Waals surface area (Å²) in [6.07, 6.45) is 0. The Hall–Kier alpha value is -0.990. The molecule has 0 aliphatic heterocycles. The number of anilines is 1. The third kappa shape index (κ3) is 3.85. The van der Waals surface area contributed by atoms with E-state index in [0.29, 0.717) is 0 Å². The summed E-state index contributed by atoms with van der Waals surface area (Å²) in [7, 11) is -2.78. The van der Waals surface area contributed by atoms with Gasteiger partial charge in [-0.2, -0.15) is 0 Å². The van der Waals surface area contributed by atoms with E-state index >= 15 is 0 Å². The van der Waals surface area contributed by atoms with Crippen molar-refractivity contribution >= 4 is 58.6 Å². The second-order valence-corrected chi connectivity index (χ2v) is 9.13. The minimum Gasteiger partial charge on any atom is -0.280 e. The standard InChI is InChI=1S/C12H8Cl3NO4S2/c13-10-6-8(7-11(14)12(10)21(15,17)18)16-22(19,20)9-4-2-1-3-5-9/h1-7,16H. The largest absolute Gasteiger partial charge is 0.280 e. The summed E-state index contributed by atoms with van der Waals surface area (Å²) in [5, 5.41) is -0.568. The second-order valence-electron chi connectivity index (χ2n) is 4.13. The van der Waals surface area contributed by atoms with Gasteiger partial charge < -0.3 is 0 Å². The van der Waals surface area contributed by atoms with E-state index in [1.807, 2.05) is 0 Å². The summed E-state index contributed by atoms with van der Waals surface area (Å²) in [5.41, 5.74) is 0.0166. The van der Waals surface area contributed by atoms with Crippen LogP contribution in [-0.4, -0.2) is 16.8 Å². The SMILES string of the molecule is O=S(=O)(Cl)c1c(Cl)cc(NS(=O)(=O)c2ccccc2)cc1Cl. The van der Waals surface area contributed by atoms with E-state index < -0.39 is 24.0 Å². The first-order chi connectivity index (χ1) is 10.1. The molecule has 0 atom stereocenters. The van der Waals surface area contributed by atoms with Gasteiger partial charge in [-0.1, -0.05) is 41.4 Å². The van der Waals surface area contributed by atoms with E-state index in [-0.39, 0.29) is 20.6 Å². The lowest BCUT2D eigenvalue weighted by molar-refractivity contribution is 0.601. The van der Waals surface area contributed by atoms with Crippen LogP contribution in [0.1, 0.15) is 0 Å². The van der Waals surface area contributed by atoms with Gasteiger partial charge in [-0.05, 0) is 24.3 Å². The third-order valence-corrected chi connectivity index (χ3v) is 6.16. The number of rotatable bonds is 4. The van der Waals surface area contributed by atoms with Gasteiger partial charge in [0.15, 0.2) is 0 Å². The normalized spacial score (nSPS) is 12.1. The van der Waals surface area contributed by atoms with Crippen molar-refractivity contribution in [2.24, 2.45) is 0 Å². The van der Waals surface area contributed by atoms with Crippen molar-refractivity contribution in [2.75, 3.05) is 4.72 Å². The molecule has 2 aromatic carbocycles. The first kappa shape index (κ1) is 17.4. The maximum atomic E-state index is 12.2. The van der Waals surface area contributed by atoms with Crippen LogP contribution in [-0.2, 0) is 19.1 Å². The van der Waals surface area contributed by atoms with Gasteiger partial charge in [0, 0.05) is 10.7 Å². The van der Waals surface area contributed by atoms with Crippen LogP contribution in [0.2, 0.25) is 10.0 Å². The van der Waals surface area contributed by atoms with Crippen molar-refractivity contribution in [2.45, 2.75) is 9.79 Å². The van der Waals surface area contributed by atoms with E-state index in [9.17, 15) is 16.8 Å². The Morgan fingerprint density at radius 3 is 1.82 bits per heavy atom. The highest BCUT2D eigenvalue weighted by Crippen LogP contribution is 2.35. The molecule has 0 aliphatic rings. The number of sulfonamides is 1. The summed E-state index contributed by atoms with van der Waals surface area (Å²) in [6.45, 7) is 0. The Morgan fingerprint density at radius 2 is 1.36 bits per heavy atom. The zero-order valence-corrected chi connectivity index (χ0v) is 14.5. The predicted molar refractivity (Wildman–Crippen MR) is 86.8 cm³/mol. The Bertz CT molecular complexity index is 890. The monoisotopic (exact) mass is 399 g/mol. The van der Waals surface area contributed by atoms with Gasteiger partial charge in [0.2, 0.25) is 0 Å². The summed E-state index contributed by atoms with van der Waals surface area (Å²) >= 11 is 11.6. The molecule has 0 amide bonds. The molecule has 118 valence electrons. The fraction of sp³-hybridized carbons (Fsp3) is 0. The highest BCUT2D eigenvalue weighted by molar-refractivity contribution is 8.14. The van der Waals surface area contributed by atoms with Gasteiger partial charge in [0.05, 0.1) is 20.6 Å². The second kappa shape index (κ2) is 6.25. The molecule has 5 nitrogen and oxygen atoms in total. The Morgan fingerprint density at radius 1 is 0.864 bits per heavy atom. The maximum Gasteiger partial charge on any atom is 0.264 e. The van der Waals surface area contributed by atoms with E-state index in [4.69, 9.17) is 33.9 Å². The molecule has 0 unspecified atom stereocenters. The summed E-state index contributed by atoms with van der Waals surface area (Å²) in [5.74, 6) is 0. The van der Waals surface area contributed by atoms with Crippen LogP contribution in [0.25, 0.3) is 0 Å². The average Bonchev–Trinajstić information content (AvgIpc) is 2.36. The molecule has 0 saturated heterocycles. The van der Waals surface area contributed by atoms with E-state index in [1.165, 1.54) is 12.1 Å². The third-order valence-electron chi connectivity index (χ3n) is 2.55. The van der Waals surface area contributed by atoms with Gasteiger partial charge in [-0.15, -0.1) is 0 Å². The van der Waals surface area contributed by atoms with Crippen molar-refractivity contribution in [1.82, 2.24) is 0 Å². The fourth-order valence-corrected chi connectivity index (χ4v) is 5.14. The fourth-order valence-electron chi connectivity index (χ4n) is 1.67. The molecule has 0 radical (unpaired) electrons. The minimum atomic E-state index is -4.15. The molecule has 0 spiro atoms. The number of hydrogen-bond acceptors (Lipinski definition) is 4. The predicted octanol–water partition coefficient (Wildman–Crippen LogP) is 3.72. The number of benzene rings is 2. The molecule has 0 aromatic heterocycles. The molecule has 0 aliphatic carbocycles. The van der Waals surface area contributed by atoms with Crippen LogP contribution < -0.4 is 4.72 Å². The molecule has 10 heteroatoms.